The van der Waals surface area contributed by atoms with Gasteiger partial charge >= 0.3 is 0 Å². The van der Waals surface area contributed by atoms with Gasteiger partial charge in [-0.2, -0.15) is 0 Å². The number of hydrogen-bond acceptors (Lipinski definition) is 3. The Bertz CT molecular complexity index is 291. The highest BCUT2D eigenvalue weighted by Gasteiger charge is 2.34. The number of likely N-dealkylation sites (N-methyl/N-ethyl adjacent to an activating group) is 2. The van der Waals surface area contributed by atoms with Crippen molar-refractivity contribution < 1.29 is 4.79 Å². The van der Waals surface area contributed by atoms with Crippen LogP contribution >= 0.6 is 0 Å². The number of nitrogens with two attached hydrogens (primary N) is 1. The third-order valence-electron chi connectivity index (χ3n) is 4.62. The molecule has 0 heterocycles. The van der Waals surface area contributed by atoms with Gasteiger partial charge < -0.3 is 10.6 Å². The molecule has 4 nitrogen and oxygen atoms in total. The van der Waals surface area contributed by atoms with Crippen molar-refractivity contribution >= 4 is 5.91 Å². The second-order valence-electron chi connectivity index (χ2n) is 5.79. The Morgan fingerprint density at radius 3 is 2.56 bits per heavy atom. The van der Waals surface area contributed by atoms with Crippen LogP contribution in [0.4, 0.5) is 0 Å². The molecule has 2 fully saturated rings. The third-order valence-corrected chi connectivity index (χ3v) is 4.62. The van der Waals surface area contributed by atoms with Gasteiger partial charge in [0.15, 0.2) is 0 Å². The molecule has 2 saturated carbocycles. The molecule has 2 rings (SSSR count). The fraction of sp³-hybridized carbons (Fsp3) is 0.929. The molecular weight excluding hydrogens is 226 g/mol. The Hall–Kier alpha value is -0.610. The van der Waals surface area contributed by atoms with Crippen LogP contribution in [0.5, 0.6) is 0 Å². The largest absolute Gasteiger partial charge is 0.342 e. The Morgan fingerprint density at radius 1 is 1.28 bits per heavy atom. The lowest BCUT2D eigenvalue weighted by molar-refractivity contribution is -0.132. The van der Waals surface area contributed by atoms with Crippen LogP contribution in [0.1, 0.15) is 39.0 Å². The van der Waals surface area contributed by atoms with E-state index in [1.165, 1.54) is 32.1 Å². The molecule has 104 valence electrons. The van der Waals surface area contributed by atoms with Crippen LogP contribution in [0.2, 0.25) is 0 Å². The Balaban J connectivity index is 1.89. The number of nitrogens with zero attached hydrogens (tertiary/aromatic N) is 2. The van der Waals surface area contributed by atoms with Crippen molar-refractivity contribution in [1.82, 2.24) is 9.80 Å². The lowest BCUT2D eigenvalue weighted by Crippen LogP contribution is -2.46. The summed E-state index contributed by atoms with van der Waals surface area (Å²) < 4.78 is 0. The maximum atomic E-state index is 12.2. The molecule has 2 aliphatic rings. The standard InChI is InChI=1S/C14H27N3O/c1-3-17(13-6-4-5-11(13)9-15)10-14(18)16(2)12-7-8-12/h11-13H,3-10,15H2,1-2H3. The molecule has 0 aliphatic heterocycles. The van der Waals surface area contributed by atoms with Crippen LogP contribution in [-0.2, 0) is 4.79 Å². The van der Waals surface area contributed by atoms with Crippen LogP contribution in [0, 0.1) is 5.92 Å². The molecule has 18 heavy (non-hydrogen) atoms. The molecule has 0 aromatic heterocycles. The minimum atomic E-state index is 0.280. The summed E-state index contributed by atoms with van der Waals surface area (Å²) in [4.78, 5) is 16.5. The summed E-state index contributed by atoms with van der Waals surface area (Å²) in [5.74, 6) is 0.867. The normalized spacial score (nSPS) is 27.8. The van der Waals surface area contributed by atoms with Gasteiger partial charge in [0.2, 0.25) is 5.91 Å². The molecule has 2 aliphatic carbocycles. The molecule has 2 unspecified atom stereocenters. The lowest BCUT2D eigenvalue weighted by Gasteiger charge is -2.32. The molecule has 0 aromatic rings. The van der Waals surface area contributed by atoms with Crippen molar-refractivity contribution in [3.05, 3.63) is 0 Å². The lowest BCUT2D eigenvalue weighted by atomic mass is 10.0. The minimum Gasteiger partial charge on any atom is -0.342 e. The summed E-state index contributed by atoms with van der Waals surface area (Å²) in [6.45, 7) is 4.43. The van der Waals surface area contributed by atoms with Crippen molar-refractivity contribution in [2.24, 2.45) is 11.7 Å². The number of rotatable bonds is 6. The van der Waals surface area contributed by atoms with Gasteiger partial charge in [0.1, 0.15) is 0 Å². The minimum absolute atomic E-state index is 0.280. The molecule has 2 atom stereocenters. The highest BCUT2D eigenvalue weighted by atomic mass is 16.2. The van der Waals surface area contributed by atoms with Gasteiger partial charge in [0.25, 0.3) is 0 Å². The van der Waals surface area contributed by atoms with Crippen molar-refractivity contribution in [1.29, 1.82) is 0 Å². The smallest absolute Gasteiger partial charge is 0.236 e. The highest BCUT2D eigenvalue weighted by molar-refractivity contribution is 5.78. The molecule has 0 saturated heterocycles. The fourth-order valence-electron chi connectivity index (χ4n) is 3.19. The molecule has 1 amide bonds. The van der Waals surface area contributed by atoms with E-state index in [1.54, 1.807) is 0 Å². The summed E-state index contributed by atoms with van der Waals surface area (Å²) in [5.41, 5.74) is 5.84. The van der Waals surface area contributed by atoms with Gasteiger partial charge in [0, 0.05) is 19.1 Å². The molecule has 0 radical (unpaired) electrons. The number of carbonyl (C=O) groups is 1. The van der Waals surface area contributed by atoms with Crippen LogP contribution < -0.4 is 5.73 Å². The van der Waals surface area contributed by atoms with E-state index < -0.39 is 0 Å². The number of hydrogen-bond donors (Lipinski definition) is 1. The van der Waals surface area contributed by atoms with E-state index in [2.05, 4.69) is 11.8 Å². The average molecular weight is 253 g/mol. The number of amides is 1. The first-order valence-electron chi connectivity index (χ1n) is 7.37. The second-order valence-corrected chi connectivity index (χ2v) is 5.79. The summed E-state index contributed by atoms with van der Waals surface area (Å²) in [7, 11) is 1.95. The van der Waals surface area contributed by atoms with E-state index in [0.717, 1.165) is 13.1 Å². The predicted molar refractivity (Wildman–Crippen MR) is 73.2 cm³/mol. The van der Waals surface area contributed by atoms with E-state index in [4.69, 9.17) is 5.73 Å². The van der Waals surface area contributed by atoms with Crippen molar-refractivity contribution in [3.8, 4) is 0 Å². The summed E-state index contributed by atoms with van der Waals surface area (Å²) in [6, 6.07) is 1.04. The summed E-state index contributed by atoms with van der Waals surface area (Å²) >= 11 is 0. The van der Waals surface area contributed by atoms with Gasteiger partial charge in [-0.05, 0) is 44.7 Å². The van der Waals surface area contributed by atoms with Crippen molar-refractivity contribution in [3.63, 3.8) is 0 Å². The molecule has 2 N–H and O–H groups in total. The fourth-order valence-corrected chi connectivity index (χ4v) is 3.19. The Morgan fingerprint density at radius 2 is 2.00 bits per heavy atom. The summed E-state index contributed by atoms with van der Waals surface area (Å²) in [5, 5.41) is 0. The first kappa shape index (κ1) is 13.8. The maximum absolute atomic E-state index is 12.2. The van der Waals surface area contributed by atoms with E-state index in [9.17, 15) is 4.79 Å². The molecule has 0 bridgehead atoms. The predicted octanol–water partition coefficient (Wildman–Crippen LogP) is 1.06. The molecule has 0 spiro atoms. The summed E-state index contributed by atoms with van der Waals surface area (Å²) in [6.07, 6.45) is 6.06. The van der Waals surface area contributed by atoms with Gasteiger partial charge in [-0.3, -0.25) is 9.69 Å². The third kappa shape index (κ3) is 3.04. The van der Waals surface area contributed by atoms with Crippen molar-refractivity contribution in [2.75, 3.05) is 26.7 Å². The van der Waals surface area contributed by atoms with Gasteiger partial charge in [-0.15, -0.1) is 0 Å². The van der Waals surface area contributed by atoms with Crippen molar-refractivity contribution in [2.45, 2.75) is 51.1 Å². The Kier molecular flexibility index (Phi) is 4.62. The molecule has 0 aromatic carbocycles. The van der Waals surface area contributed by atoms with E-state index in [0.29, 0.717) is 24.5 Å². The molecular formula is C14H27N3O. The van der Waals surface area contributed by atoms with Gasteiger partial charge in [-0.1, -0.05) is 13.3 Å². The van der Waals surface area contributed by atoms with E-state index in [1.807, 2.05) is 11.9 Å². The number of carbonyl (C=O) groups excluding carboxylic acids is 1. The zero-order valence-corrected chi connectivity index (χ0v) is 11.8. The van der Waals surface area contributed by atoms with E-state index >= 15 is 0 Å². The van der Waals surface area contributed by atoms with Gasteiger partial charge in [-0.25, -0.2) is 0 Å². The first-order chi connectivity index (χ1) is 8.67. The monoisotopic (exact) mass is 253 g/mol. The van der Waals surface area contributed by atoms with Crippen LogP contribution in [-0.4, -0.2) is 54.5 Å². The van der Waals surface area contributed by atoms with Crippen LogP contribution in [0.25, 0.3) is 0 Å². The quantitative estimate of drug-likeness (QED) is 0.770. The topological polar surface area (TPSA) is 49.6 Å². The van der Waals surface area contributed by atoms with Gasteiger partial charge in [0.05, 0.1) is 6.54 Å². The van der Waals surface area contributed by atoms with Crippen LogP contribution in [0.3, 0.4) is 0 Å². The SMILES string of the molecule is CCN(CC(=O)N(C)C1CC1)C1CCCC1CN. The highest BCUT2D eigenvalue weighted by Crippen LogP contribution is 2.30. The van der Waals surface area contributed by atoms with E-state index in [-0.39, 0.29) is 5.91 Å². The van der Waals surface area contributed by atoms with Crippen LogP contribution in [0.15, 0.2) is 0 Å². The first-order valence-corrected chi connectivity index (χ1v) is 7.37. The zero-order valence-electron chi connectivity index (χ0n) is 11.8. The average Bonchev–Trinajstić information content (AvgIpc) is 3.12. The molecule has 4 heteroatoms. The second kappa shape index (κ2) is 6.02. The maximum Gasteiger partial charge on any atom is 0.236 e. The Labute approximate surface area is 110 Å². The zero-order chi connectivity index (χ0) is 13.1.